The molecular weight excluding hydrogens is 331 g/mol. The van der Waals surface area contributed by atoms with E-state index in [9.17, 15) is 14.3 Å². The first-order chi connectivity index (χ1) is 11.6. The minimum Gasteiger partial charge on any atom is -0.507 e. The largest absolute Gasteiger partial charge is 0.507 e. The molecule has 0 saturated heterocycles. The van der Waals surface area contributed by atoms with Crippen molar-refractivity contribution in [1.82, 2.24) is 5.43 Å². The average Bonchev–Trinajstić information content (AvgIpc) is 2.56. The number of carbonyl (C=O) groups is 1. The van der Waals surface area contributed by atoms with Crippen LogP contribution in [0.4, 0.5) is 4.39 Å². The second kappa shape index (κ2) is 6.68. The molecule has 0 bridgehead atoms. The second-order valence-electron chi connectivity index (χ2n) is 5.05. The first-order valence-electron chi connectivity index (χ1n) is 7.05. The molecule has 0 aliphatic heterocycles. The Labute approximate surface area is 142 Å². The number of hydrazone groups is 1. The number of nitrogens with zero attached hydrogens (tertiary/aromatic N) is 1. The summed E-state index contributed by atoms with van der Waals surface area (Å²) < 4.78 is 13.6. The molecule has 0 spiro atoms. The number of nitrogens with one attached hydrogen (secondary N) is 1. The standard InChI is InChI=1S/C18H12ClFN2O2/c19-15-6-3-7-16(20)14(15)10-21-22-18(24)13-8-11-4-1-2-5-12(11)9-17(13)23/h1-10,23H,(H,22,24)/b21-10+. The number of phenolic OH excluding ortho intramolecular Hbond substituents is 1. The molecule has 24 heavy (non-hydrogen) atoms. The number of carbonyl (C=O) groups excluding carboxylic acids is 1. The van der Waals surface area contributed by atoms with Crippen LogP contribution in [0.2, 0.25) is 5.02 Å². The number of halogens is 2. The Morgan fingerprint density at radius 1 is 1.12 bits per heavy atom. The van der Waals surface area contributed by atoms with Gasteiger partial charge in [0, 0.05) is 5.56 Å². The van der Waals surface area contributed by atoms with Gasteiger partial charge in [-0.15, -0.1) is 0 Å². The fourth-order valence-corrected chi connectivity index (χ4v) is 2.47. The van der Waals surface area contributed by atoms with Gasteiger partial charge in [-0.1, -0.05) is 41.9 Å². The maximum atomic E-state index is 13.6. The molecule has 0 saturated carbocycles. The van der Waals surface area contributed by atoms with Gasteiger partial charge in [-0.3, -0.25) is 4.79 Å². The summed E-state index contributed by atoms with van der Waals surface area (Å²) in [4.78, 5) is 12.2. The summed E-state index contributed by atoms with van der Waals surface area (Å²) in [5.41, 5.74) is 2.40. The van der Waals surface area contributed by atoms with Crippen molar-refractivity contribution >= 4 is 34.5 Å². The normalized spacial score (nSPS) is 11.1. The summed E-state index contributed by atoms with van der Waals surface area (Å²) >= 11 is 5.87. The summed E-state index contributed by atoms with van der Waals surface area (Å²) in [5, 5.41) is 15.5. The summed E-state index contributed by atoms with van der Waals surface area (Å²) in [6, 6.07) is 14.6. The van der Waals surface area contributed by atoms with Gasteiger partial charge < -0.3 is 5.11 Å². The van der Waals surface area contributed by atoms with Gasteiger partial charge in [0.25, 0.3) is 5.91 Å². The minimum absolute atomic E-state index is 0.0715. The lowest BCUT2D eigenvalue weighted by Gasteiger charge is -2.06. The van der Waals surface area contributed by atoms with Crippen LogP contribution in [0.5, 0.6) is 5.75 Å². The van der Waals surface area contributed by atoms with Gasteiger partial charge in [0.05, 0.1) is 16.8 Å². The van der Waals surface area contributed by atoms with Gasteiger partial charge in [0.15, 0.2) is 0 Å². The molecule has 0 atom stereocenters. The van der Waals surface area contributed by atoms with Gasteiger partial charge in [-0.2, -0.15) is 5.10 Å². The van der Waals surface area contributed by atoms with Crippen molar-refractivity contribution in [3.63, 3.8) is 0 Å². The van der Waals surface area contributed by atoms with E-state index < -0.39 is 11.7 Å². The first kappa shape index (κ1) is 16.0. The van der Waals surface area contributed by atoms with Crippen LogP contribution in [0.3, 0.4) is 0 Å². The van der Waals surface area contributed by atoms with E-state index in [4.69, 9.17) is 11.6 Å². The quantitative estimate of drug-likeness (QED) is 0.556. The molecule has 0 unspecified atom stereocenters. The third-order valence-corrected chi connectivity index (χ3v) is 3.80. The molecule has 0 aliphatic carbocycles. The van der Waals surface area contributed by atoms with Crippen molar-refractivity contribution in [3.05, 3.63) is 76.6 Å². The molecule has 3 aromatic rings. The molecule has 0 radical (unpaired) electrons. The predicted octanol–water partition coefficient (Wildman–Crippen LogP) is 4.10. The van der Waals surface area contributed by atoms with Gasteiger partial charge in [0.2, 0.25) is 0 Å². The smallest absolute Gasteiger partial charge is 0.275 e. The Hall–Kier alpha value is -2.92. The van der Waals surface area contributed by atoms with Crippen molar-refractivity contribution in [3.8, 4) is 5.75 Å². The topological polar surface area (TPSA) is 61.7 Å². The van der Waals surface area contributed by atoms with Crippen LogP contribution < -0.4 is 5.43 Å². The number of hydrogen-bond donors (Lipinski definition) is 2. The first-order valence-corrected chi connectivity index (χ1v) is 7.43. The molecule has 120 valence electrons. The summed E-state index contributed by atoms with van der Waals surface area (Å²) in [6.07, 6.45) is 1.12. The molecule has 6 heteroatoms. The van der Waals surface area contributed by atoms with Crippen LogP contribution in [-0.2, 0) is 0 Å². The van der Waals surface area contributed by atoms with Crippen molar-refractivity contribution in [2.24, 2.45) is 5.10 Å². The van der Waals surface area contributed by atoms with Crippen molar-refractivity contribution < 1.29 is 14.3 Å². The van der Waals surface area contributed by atoms with Gasteiger partial charge in [-0.25, -0.2) is 9.82 Å². The number of aromatic hydroxyl groups is 1. The summed E-state index contributed by atoms with van der Waals surface area (Å²) in [5.74, 6) is -1.32. The molecule has 0 aromatic heterocycles. The van der Waals surface area contributed by atoms with E-state index in [0.717, 1.165) is 17.0 Å². The van der Waals surface area contributed by atoms with Crippen molar-refractivity contribution in [1.29, 1.82) is 0 Å². The minimum atomic E-state index is -0.609. The molecule has 4 nitrogen and oxygen atoms in total. The van der Waals surface area contributed by atoms with Crippen LogP contribution in [0.15, 0.2) is 59.7 Å². The number of amides is 1. The number of fused-ring (bicyclic) bond motifs is 1. The highest BCUT2D eigenvalue weighted by atomic mass is 35.5. The Morgan fingerprint density at radius 3 is 2.54 bits per heavy atom. The number of phenols is 1. The Kier molecular flexibility index (Phi) is 4.44. The Balaban J connectivity index is 1.83. The Morgan fingerprint density at radius 2 is 1.83 bits per heavy atom. The summed E-state index contributed by atoms with van der Waals surface area (Å²) in [7, 11) is 0. The van der Waals surface area contributed by atoms with E-state index in [1.54, 1.807) is 6.07 Å². The average molecular weight is 343 g/mol. The SMILES string of the molecule is O=C(N/N=C/c1c(F)cccc1Cl)c1cc2ccccc2cc1O. The fraction of sp³-hybridized carbons (Fsp3) is 0. The van der Waals surface area contributed by atoms with Gasteiger partial charge >= 0.3 is 0 Å². The predicted molar refractivity (Wildman–Crippen MR) is 92.1 cm³/mol. The van der Waals surface area contributed by atoms with Crippen LogP contribution in [0.25, 0.3) is 10.8 Å². The molecule has 2 N–H and O–H groups in total. The third-order valence-electron chi connectivity index (χ3n) is 3.47. The second-order valence-corrected chi connectivity index (χ2v) is 5.46. The summed E-state index contributed by atoms with van der Waals surface area (Å²) in [6.45, 7) is 0. The molecule has 0 aliphatic rings. The van der Waals surface area contributed by atoms with Crippen LogP contribution in [0.1, 0.15) is 15.9 Å². The van der Waals surface area contributed by atoms with E-state index in [-0.39, 0.29) is 21.9 Å². The number of benzene rings is 3. The lowest BCUT2D eigenvalue weighted by Crippen LogP contribution is -2.18. The molecular formula is C18H12ClFN2O2. The maximum absolute atomic E-state index is 13.6. The highest BCUT2D eigenvalue weighted by Gasteiger charge is 2.12. The highest BCUT2D eigenvalue weighted by Crippen LogP contribution is 2.24. The molecule has 3 aromatic carbocycles. The fourth-order valence-electron chi connectivity index (χ4n) is 2.26. The van der Waals surface area contributed by atoms with E-state index in [0.29, 0.717) is 0 Å². The van der Waals surface area contributed by atoms with E-state index >= 15 is 0 Å². The zero-order chi connectivity index (χ0) is 17.1. The Bertz CT molecular complexity index is 937. The molecule has 3 rings (SSSR count). The maximum Gasteiger partial charge on any atom is 0.275 e. The third kappa shape index (κ3) is 3.21. The van der Waals surface area contributed by atoms with Crippen molar-refractivity contribution in [2.45, 2.75) is 0 Å². The van der Waals surface area contributed by atoms with Crippen LogP contribution in [-0.4, -0.2) is 17.2 Å². The lowest BCUT2D eigenvalue weighted by atomic mass is 10.1. The molecule has 0 fully saturated rings. The zero-order valence-corrected chi connectivity index (χ0v) is 13.1. The molecule has 0 heterocycles. The molecule has 1 amide bonds. The highest BCUT2D eigenvalue weighted by molar-refractivity contribution is 6.33. The number of rotatable bonds is 3. The van der Waals surface area contributed by atoms with Crippen molar-refractivity contribution in [2.75, 3.05) is 0 Å². The lowest BCUT2D eigenvalue weighted by molar-refractivity contribution is 0.0952. The van der Waals surface area contributed by atoms with Gasteiger partial charge in [0.1, 0.15) is 11.6 Å². The van der Waals surface area contributed by atoms with Crippen LogP contribution >= 0.6 is 11.6 Å². The number of hydrogen-bond acceptors (Lipinski definition) is 3. The van der Waals surface area contributed by atoms with E-state index in [1.807, 2.05) is 24.3 Å². The monoisotopic (exact) mass is 342 g/mol. The zero-order valence-electron chi connectivity index (χ0n) is 12.3. The van der Waals surface area contributed by atoms with Gasteiger partial charge in [-0.05, 0) is 35.0 Å². The van der Waals surface area contributed by atoms with E-state index in [2.05, 4.69) is 10.5 Å². The van der Waals surface area contributed by atoms with E-state index in [1.165, 1.54) is 24.3 Å². The van der Waals surface area contributed by atoms with Crippen LogP contribution in [0, 0.1) is 5.82 Å².